The summed E-state index contributed by atoms with van der Waals surface area (Å²) in [6.45, 7) is 2.02. The van der Waals surface area contributed by atoms with Gasteiger partial charge in [0.1, 0.15) is 0 Å². The lowest BCUT2D eigenvalue weighted by Gasteiger charge is -2.13. The van der Waals surface area contributed by atoms with E-state index < -0.39 is 0 Å². The molecular weight excluding hydrogens is 224 g/mol. The van der Waals surface area contributed by atoms with Gasteiger partial charge in [-0.1, -0.05) is 12.8 Å². The Bertz CT molecular complexity index is 270. The normalized spacial score (nSPS) is 34.8. The Morgan fingerprint density at radius 2 is 2.06 bits per heavy atom. The average Bonchev–Trinajstić information content (AvgIpc) is 2.63. The minimum Gasteiger partial charge on any atom is -0.352 e. The average molecular weight is 245 g/mol. The Hall–Kier alpha value is -0.280. The summed E-state index contributed by atoms with van der Waals surface area (Å²) in [5.41, 5.74) is 0.454. The molecule has 2 aliphatic carbocycles. The van der Waals surface area contributed by atoms with E-state index in [1.165, 1.54) is 32.1 Å². The molecule has 16 heavy (non-hydrogen) atoms. The Kier molecular flexibility index (Phi) is 3.45. The topological polar surface area (TPSA) is 41.1 Å². The summed E-state index contributed by atoms with van der Waals surface area (Å²) in [6.07, 6.45) is 7.55. The van der Waals surface area contributed by atoms with Gasteiger partial charge in [-0.25, -0.2) is 0 Å². The molecule has 3 fully saturated rings. The third-order valence-electron chi connectivity index (χ3n) is 4.51. The molecule has 0 bridgehead atoms. The molecular formula is C12H21ClN2O. The molecule has 0 aromatic heterocycles. The van der Waals surface area contributed by atoms with Crippen LogP contribution < -0.4 is 10.6 Å². The Morgan fingerprint density at radius 1 is 1.31 bits per heavy atom. The first kappa shape index (κ1) is 12.2. The summed E-state index contributed by atoms with van der Waals surface area (Å²) in [6, 6.07) is 0.400. The predicted octanol–water partition coefficient (Wildman–Crippen LogP) is 1.47. The van der Waals surface area contributed by atoms with Gasteiger partial charge < -0.3 is 10.6 Å². The maximum absolute atomic E-state index is 12.0. The third-order valence-corrected chi connectivity index (χ3v) is 4.51. The number of nitrogens with one attached hydrogen (secondary N) is 2. The highest BCUT2D eigenvalue weighted by atomic mass is 35.5. The van der Waals surface area contributed by atoms with E-state index in [1.54, 1.807) is 0 Å². The smallest absolute Gasteiger partial charge is 0.223 e. The molecule has 0 radical (unpaired) electrons. The molecule has 1 amide bonds. The third kappa shape index (κ3) is 2.07. The van der Waals surface area contributed by atoms with Crippen LogP contribution in [0.2, 0.25) is 0 Å². The highest BCUT2D eigenvalue weighted by Gasteiger charge is 2.58. The molecule has 3 rings (SSSR count). The van der Waals surface area contributed by atoms with Crippen LogP contribution >= 0.6 is 12.4 Å². The Morgan fingerprint density at radius 3 is 2.69 bits per heavy atom. The summed E-state index contributed by atoms with van der Waals surface area (Å²) in [5, 5.41) is 6.47. The number of hydrogen-bond acceptors (Lipinski definition) is 2. The summed E-state index contributed by atoms with van der Waals surface area (Å²) in [4.78, 5) is 12.0. The summed E-state index contributed by atoms with van der Waals surface area (Å²) in [5.74, 6) is 0.700. The van der Waals surface area contributed by atoms with Crippen molar-refractivity contribution in [3.05, 3.63) is 0 Å². The quantitative estimate of drug-likeness (QED) is 0.773. The van der Waals surface area contributed by atoms with E-state index in [0.717, 1.165) is 19.5 Å². The molecule has 1 spiro atoms. The second-order valence-corrected chi connectivity index (χ2v) is 5.52. The zero-order valence-electron chi connectivity index (χ0n) is 9.63. The Labute approximate surface area is 103 Å². The van der Waals surface area contributed by atoms with E-state index in [1.807, 2.05) is 0 Å². The number of amides is 1. The molecule has 3 nitrogen and oxygen atoms in total. The first-order valence-electron chi connectivity index (χ1n) is 6.31. The largest absolute Gasteiger partial charge is 0.352 e. The minimum absolute atomic E-state index is 0. The van der Waals surface area contributed by atoms with E-state index in [0.29, 0.717) is 23.3 Å². The van der Waals surface area contributed by atoms with Crippen molar-refractivity contribution < 1.29 is 4.79 Å². The van der Waals surface area contributed by atoms with Gasteiger partial charge in [0.05, 0.1) is 0 Å². The number of carbonyl (C=O) groups excluding carboxylic acids is 1. The van der Waals surface area contributed by atoms with Gasteiger partial charge in [-0.2, -0.15) is 0 Å². The maximum Gasteiger partial charge on any atom is 0.223 e. The minimum atomic E-state index is 0. The van der Waals surface area contributed by atoms with Crippen LogP contribution in [0.15, 0.2) is 0 Å². The highest BCUT2D eigenvalue weighted by Crippen LogP contribution is 2.62. The van der Waals surface area contributed by atoms with Crippen molar-refractivity contribution in [2.75, 3.05) is 13.1 Å². The summed E-state index contributed by atoms with van der Waals surface area (Å²) < 4.78 is 0. The van der Waals surface area contributed by atoms with Gasteiger partial charge in [-0.3, -0.25) is 4.79 Å². The van der Waals surface area contributed by atoms with Crippen molar-refractivity contribution in [3.8, 4) is 0 Å². The van der Waals surface area contributed by atoms with Crippen LogP contribution in [-0.4, -0.2) is 25.0 Å². The molecule has 2 N–H and O–H groups in total. The van der Waals surface area contributed by atoms with Crippen LogP contribution in [0.4, 0.5) is 0 Å². The molecule has 1 saturated heterocycles. The summed E-state index contributed by atoms with van der Waals surface area (Å²) >= 11 is 0. The zero-order valence-corrected chi connectivity index (χ0v) is 10.4. The van der Waals surface area contributed by atoms with Crippen LogP contribution in [0, 0.1) is 11.3 Å². The highest BCUT2D eigenvalue weighted by molar-refractivity contribution is 5.85. The lowest BCUT2D eigenvalue weighted by atomic mass is 10.0. The van der Waals surface area contributed by atoms with Crippen LogP contribution in [0.5, 0.6) is 0 Å². The fourth-order valence-electron chi connectivity index (χ4n) is 3.43. The van der Waals surface area contributed by atoms with Crippen LogP contribution in [0.3, 0.4) is 0 Å². The first-order chi connectivity index (χ1) is 7.30. The van der Waals surface area contributed by atoms with Crippen molar-refractivity contribution in [1.29, 1.82) is 0 Å². The van der Waals surface area contributed by atoms with E-state index in [2.05, 4.69) is 10.6 Å². The molecule has 2 atom stereocenters. The Balaban J connectivity index is 0.000000963. The number of halogens is 1. The van der Waals surface area contributed by atoms with E-state index in [4.69, 9.17) is 0 Å². The van der Waals surface area contributed by atoms with Crippen LogP contribution in [-0.2, 0) is 4.79 Å². The zero-order chi connectivity index (χ0) is 10.3. The SMILES string of the molecule is Cl.O=C(NC1CCNC1)C1CC12CCCC2. The van der Waals surface area contributed by atoms with Gasteiger partial charge in [0.2, 0.25) is 5.91 Å². The van der Waals surface area contributed by atoms with Crippen molar-refractivity contribution in [3.63, 3.8) is 0 Å². The summed E-state index contributed by atoms with van der Waals surface area (Å²) in [7, 11) is 0. The molecule has 2 unspecified atom stereocenters. The predicted molar refractivity (Wildman–Crippen MR) is 65.7 cm³/mol. The fraction of sp³-hybridized carbons (Fsp3) is 0.917. The standard InChI is InChI=1S/C12H20N2O.ClH/c15-11(14-9-3-6-13-8-9)10-7-12(10)4-1-2-5-12;/h9-10,13H,1-8H2,(H,14,15);1H. The van der Waals surface area contributed by atoms with E-state index in [9.17, 15) is 4.79 Å². The van der Waals surface area contributed by atoms with Gasteiger partial charge in [-0.15, -0.1) is 12.4 Å². The molecule has 2 saturated carbocycles. The molecule has 0 aromatic carbocycles. The number of carbonyl (C=O) groups is 1. The van der Waals surface area contributed by atoms with Gasteiger partial charge in [0, 0.05) is 18.5 Å². The first-order valence-corrected chi connectivity index (χ1v) is 6.31. The molecule has 3 aliphatic rings. The van der Waals surface area contributed by atoms with E-state index in [-0.39, 0.29) is 12.4 Å². The van der Waals surface area contributed by atoms with Gasteiger partial charge in [-0.05, 0) is 37.6 Å². The lowest BCUT2D eigenvalue weighted by molar-refractivity contribution is -0.123. The molecule has 0 aromatic rings. The van der Waals surface area contributed by atoms with Crippen LogP contribution in [0.25, 0.3) is 0 Å². The van der Waals surface area contributed by atoms with Gasteiger partial charge in [0.15, 0.2) is 0 Å². The number of hydrogen-bond donors (Lipinski definition) is 2. The van der Waals surface area contributed by atoms with Crippen LogP contribution in [0.1, 0.15) is 38.5 Å². The van der Waals surface area contributed by atoms with E-state index >= 15 is 0 Å². The second kappa shape index (κ2) is 4.53. The monoisotopic (exact) mass is 244 g/mol. The van der Waals surface area contributed by atoms with Crippen molar-refractivity contribution in [2.24, 2.45) is 11.3 Å². The number of rotatable bonds is 2. The molecule has 1 heterocycles. The fourth-order valence-corrected chi connectivity index (χ4v) is 3.43. The maximum atomic E-state index is 12.0. The molecule has 1 aliphatic heterocycles. The second-order valence-electron chi connectivity index (χ2n) is 5.52. The van der Waals surface area contributed by atoms with Crippen molar-refractivity contribution in [2.45, 2.75) is 44.6 Å². The molecule has 92 valence electrons. The molecule has 4 heteroatoms. The van der Waals surface area contributed by atoms with Gasteiger partial charge >= 0.3 is 0 Å². The van der Waals surface area contributed by atoms with Crippen molar-refractivity contribution >= 4 is 18.3 Å². The van der Waals surface area contributed by atoms with Gasteiger partial charge in [0.25, 0.3) is 0 Å². The van der Waals surface area contributed by atoms with Crippen molar-refractivity contribution in [1.82, 2.24) is 10.6 Å². The lowest BCUT2D eigenvalue weighted by Crippen LogP contribution is -2.38.